The van der Waals surface area contributed by atoms with Crippen LogP contribution >= 0.6 is 11.8 Å². The molecule has 0 unspecified atom stereocenters. The number of benzene rings is 1. The van der Waals surface area contributed by atoms with Crippen LogP contribution in [0.1, 0.15) is 33.3 Å². The van der Waals surface area contributed by atoms with E-state index in [1.54, 1.807) is 26.8 Å². The Morgan fingerprint density at radius 1 is 1.50 bits per heavy atom. The average Bonchev–Trinajstić information content (AvgIpc) is 2.85. The molecule has 6 nitrogen and oxygen atoms in total. The van der Waals surface area contributed by atoms with Gasteiger partial charge in [0.1, 0.15) is 11.4 Å². The third-order valence-corrected chi connectivity index (χ3v) is 6.00. The predicted molar refractivity (Wildman–Crippen MR) is 101 cm³/mol. The number of amidine groups is 1. The number of hydrogen-bond acceptors (Lipinski definition) is 5. The number of thioether (sulfide) groups is 1. The molecule has 0 saturated carbocycles. The van der Waals surface area contributed by atoms with Crippen molar-refractivity contribution in [1.82, 2.24) is 4.90 Å². The minimum atomic E-state index is -1.09. The van der Waals surface area contributed by atoms with Gasteiger partial charge in [0.05, 0.1) is 12.7 Å². The smallest absolute Gasteiger partial charge is 0.413 e. The molecule has 2 heterocycles. The van der Waals surface area contributed by atoms with Crippen molar-refractivity contribution >= 4 is 28.7 Å². The van der Waals surface area contributed by atoms with E-state index in [1.807, 2.05) is 6.92 Å². The molecule has 3 N–H and O–H groups in total. The van der Waals surface area contributed by atoms with Gasteiger partial charge in [-0.3, -0.25) is 4.90 Å². The fourth-order valence-electron chi connectivity index (χ4n) is 3.61. The van der Waals surface area contributed by atoms with Gasteiger partial charge in [-0.1, -0.05) is 11.8 Å². The maximum Gasteiger partial charge on any atom is 0.413 e. The summed E-state index contributed by atoms with van der Waals surface area (Å²) in [6, 6.07) is 4.42. The molecular formula is C18H24FN3O3S. The van der Waals surface area contributed by atoms with Crippen LogP contribution in [0.3, 0.4) is 0 Å². The molecule has 8 heteroatoms. The normalized spacial score (nSPS) is 28.4. The quantitative estimate of drug-likeness (QED) is 0.727. The van der Waals surface area contributed by atoms with Crippen molar-refractivity contribution in [2.75, 3.05) is 18.1 Å². The van der Waals surface area contributed by atoms with Gasteiger partial charge >= 0.3 is 6.09 Å². The van der Waals surface area contributed by atoms with Gasteiger partial charge in [-0.25, -0.2) is 14.2 Å². The highest BCUT2D eigenvalue weighted by atomic mass is 32.2. The number of ether oxygens (including phenoxy) is 1. The van der Waals surface area contributed by atoms with E-state index >= 15 is 0 Å². The maximum absolute atomic E-state index is 14.7. The Hall–Kier alpha value is -1.80. The van der Waals surface area contributed by atoms with E-state index in [-0.39, 0.29) is 18.6 Å². The van der Waals surface area contributed by atoms with E-state index in [2.05, 4.69) is 0 Å². The Bertz CT molecular complexity index is 765. The third-order valence-electron chi connectivity index (χ3n) is 4.94. The van der Waals surface area contributed by atoms with Gasteiger partial charge in [-0.05, 0) is 45.9 Å². The zero-order valence-electron chi connectivity index (χ0n) is 15.3. The fourth-order valence-corrected chi connectivity index (χ4v) is 5.19. The lowest BCUT2D eigenvalue weighted by atomic mass is 9.79. The van der Waals surface area contributed by atoms with E-state index in [4.69, 9.17) is 15.5 Å². The molecule has 1 fully saturated rings. The molecule has 1 aromatic carbocycles. The van der Waals surface area contributed by atoms with Gasteiger partial charge in [-0.15, -0.1) is 0 Å². The fraction of sp³-hybridized carbons (Fsp3) is 0.556. The summed E-state index contributed by atoms with van der Waals surface area (Å²) in [7, 11) is 0. The highest BCUT2D eigenvalue weighted by Crippen LogP contribution is 2.49. The maximum atomic E-state index is 14.7. The topological polar surface area (TPSA) is 88.2 Å². The largest absolute Gasteiger partial charge is 0.465 e. The van der Waals surface area contributed by atoms with Gasteiger partial charge < -0.3 is 15.6 Å². The first-order valence-electron chi connectivity index (χ1n) is 8.49. The minimum Gasteiger partial charge on any atom is -0.465 e. The third kappa shape index (κ3) is 3.05. The standard InChI is InChI=1S/C18H24FN3O3S/c1-10-13-8-26-15(22(16(23)24)17(2,3)4)21-18(13,9-25-10)12-7-11(20)5-6-14(12)19/h5-7,10,13H,8-9,20H2,1-4H3,(H,23,24)/t10-,13-,18-/m1/s1. The summed E-state index contributed by atoms with van der Waals surface area (Å²) in [6.45, 7) is 7.55. The molecule has 0 spiro atoms. The summed E-state index contributed by atoms with van der Waals surface area (Å²) in [5.41, 5.74) is 5.05. The Kier molecular flexibility index (Phi) is 4.69. The average molecular weight is 381 g/mol. The molecule has 142 valence electrons. The van der Waals surface area contributed by atoms with Crippen LogP contribution in [0.4, 0.5) is 14.9 Å². The van der Waals surface area contributed by atoms with Gasteiger partial charge in [-0.2, -0.15) is 0 Å². The van der Waals surface area contributed by atoms with E-state index < -0.39 is 23.0 Å². The van der Waals surface area contributed by atoms with Crippen LogP contribution < -0.4 is 5.73 Å². The van der Waals surface area contributed by atoms with Gasteiger partial charge in [0.25, 0.3) is 0 Å². The number of nitrogens with two attached hydrogens (primary N) is 1. The van der Waals surface area contributed by atoms with E-state index in [0.717, 1.165) is 0 Å². The SMILES string of the molecule is C[C@H]1OC[C@]2(c3cc(N)ccc3F)N=C(N(C(=O)O)C(C)(C)C)SC[C@H]12. The molecule has 0 aliphatic carbocycles. The number of hydrogen-bond donors (Lipinski definition) is 2. The van der Waals surface area contributed by atoms with Crippen LogP contribution in [0.5, 0.6) is 0 Å². The summed E-state index contributed by atoms with van der Waals surface area (Å²) >= 11 is 1.37. The molecule has 26 heavy (non-hydrogen) atoms. The molecule has 0 radical (unpaired) electrons. The molecule has 1 saturated heterocycles. The minimum absolute atomic E-state index is 0.0665. The zero-order valence-corrected chi connectivity index (χ0v) is 16.1. The number of amides is 1. The first-order valence-corrected chi connectivity index (χ1v) is 9.48. The summed E-state index contributed by atoms with van der Waals surface area (Å²) in [5.74, 6) is 0.117. The molecule has 0 bridgehead atoms. The van der Waals surface area contributed by atoms with Gasteiger partial charge in [0, 0.05) is 28.5 Å². The number of carbonyl (C=O) groups is 1. The molecule has 0 aromatic heterocycles. The summed E-state index contributed by atoms with van der Waals surface area (Å²) in [5, 5.41) is 10.1. The monoisotopic (exact) mass is 381 g/mol. The van der Waals surface area contributed by atoms with Crippen molar-refractivity contribution in [2.45, 2.75) is 44.9 Å². The second kappa shape index (κ2) is 6.42. The molecule has 1 aromatic rings. The highest BCUT2D eigenvalue weighted by Gasteiger charge is 2.54. The molecular weight excluding hydrogens is 357 g/mol. The van der Waals surface area contributed by atoms with Crippen LogP contribution in [0.15, 0.2) is 23.2 Å². The molecule has 1 amide bonds. The molecule has 3 atom stereocenters. The van der Waals surface area contributed by atoms with E-state index in [1.165, 1.54) is 28.8 Å². The van der Waals surface area contributed by atoms with Crippen LogP contribution in [0, 0.1) is 11.7 Å². The van der Waals surface area contributed by atoms with Crippen LogP contribution in [0.2, 0.25) is 0 Å². The lowest BCUT2D eigenvalue weighted by molar-refractivity contribution is 0.107. The van der Waals surface area contributed by atoms with E-state index in [9.17, 15) is 14.3 Å². The predicted octanol–water partition coefficient (Wildman–Crippen LogP) is 3.52. The number of nitrogen functional groups attached to an aromatic ring is 1. The second-order valence-electron chi connectivity index (χ2n) is 7.78. The first-order chi connectivity index (χ1) is 12.1. The second-order valence-corrected chi connectivity index (χ2v) is 8.77. The summed E-state index contributed by atoms with van der Waals surface area (Å²) < 4.78 is 20.6. The van der Waals surface area contributed by atoms with Crippen molar-refractivity contribution in [2.24, 2.45) is 10.9 Å². The van der Waals surface area contributed by atoms with Crippen LogP contribution in [0.25, 0.3) is 0 Å². The Morgan fingerprint density at radius 2 is 2.19 bits per heavy atom. The van der Waals surface area contributed by atoms with Crippen LogP contribution in [-0.2, 0) is 10.3 Å². The Balaban J connectivity index is 2.18. The summed E-state index contributed by atoms with van der Waals surface area (Å²) in [6.07, 6.45) is -1.20. The van der Waals surface area contributed by atoms with Crippen molar-refractivity contribution in [3.05, 3.63) is 29.6 Å². The number of halogens is 1. The van der Waals surface area contributed by atoms with Crippen LogP contribution in [-0.4, -0.2) is 45.3 Å². The number of fused-ring (bicyclic) bond motifs is 1. The van der Waals surface area contributed by atoms with Crippen molar-refractivity contribution in [3.8, 4) is 0 Å². The van der Waals surface area contributed by atoms with Crippen molar-refractivity contribution in [3.63, 3.8) is 0 Å². The number of nitrogens with zero attached hydrogens (tertiary/aromatic N) is 2. The van der Waals surface area contributed by atoms with Crippen molar-refractivity contribution < 1.29 is 19.0 Å². The number of anilines is 1. The highest BCUT2D eigenvalue weighted by molar-refractivity contribution is 8.13. The molecule has 2 aliphatic rings. The lowest BCUT2D eigenvalue weighted by Gasteiger charge is -2.41. The number of rotatable bonds is 1. The number of carboxylic acid groups (broad SMARTS) is 1. The Labute approximate surface area is 156 Å². The zero-order chi connectivity index (χ0) is 19.3. The molecule has 2 aliphatic heterocycles. The van der Waals surface area contributed by atoms with Gasteiger partial charge in [0.15, 0.2) is 5.17 Å². The van der Waals surface area contributed by atoms with Gasteiger partial charge in [0.2, 0.25) is 0 Å². The van der Waals surface area contributed by atoms with Crippen molar-refractivity contribution in [1.29, 1.82) is 0 Å². The first kappa shape index (κ1) is 19.0. The number of aliphatic imine (C=N–C) groups is 1. The Morgan fingerprint density at radius 3 is 2.81 bits per heavy atom. The molecule has 3 rings (SSSR count). The summed E-state index contributed by atoms with van der Waals surface area (Å²) in [4.78, 5) is 17.9. The lowest BCUT2D eigenvalue weighted by Crippen LogP contribution is -2.51. The van der Waals surface area contributed by atoms with E-state index in [0.29, 0.717) is 22.2 Å².